The van der Waals surface area contributed by atoms with Crippen LogP contribution in [0.25, 0.3) is 0 Å². The van der Waals surface area contributed by atoms with Crippen molar-refractivity contribution >= 4 is 11.6 Å². The van der Waals surface area contributed by atoms with E-state index < -0.39 is 5.60 Å². The summed E-state index contributed by atoms with van der Waals surface area (Å²) in [6.07, 6.45) is 1.61. The van der Waals surface area contributed by atoms with Gasteiger partial charge in [0.15, 0.2) is 0 Å². The SMILES string of the molecule is CCNc1ccnc(C(=O)N(CC)CC(C)(C)O)c1. The van der Waals surface area contributed by atoms with E-state index in [1.54, 1.807) is 31.0 Å². The van der Waals surface area contributed by atoms with Gasteiger partial charge in [-0.15, -0.1) is 0 Å². The number of rotatable bonds is 6. The number of anilines is 1. The fraction of sp³-hybridized carbons (Fsp3) is 0.571. The summed E-state index contributed by atoms with van der Waals surface area (Å²) < 4.78 is 0. The van der Waals surface area contributed by atoms with E-state index in [0.29, 0.717) is 12.2 Å². The fourth-order valence-corrected chi connectivity index (χ4v) is 1.82. The molecular formula is C14H23N3O2. The van der Waals surface area contributed by atoms with E-state index in [1.807, 2.05) is 19.9 Å². The number of nitrogens with one attached hydrogen (secondary N) is 1. The van der Waals surface area contributed by atoms with Gasteiger partial charge in [-0.1, -0.05) is 0 Å². The van der Waals surface area contributed by atoms with Crippen molar-refractivity contribution in [3.05, 3.63) is 24.0 Å². The number of hydrogen-bond donors (Lipinski definition) is 2. The number of carbonyl (C=O) groups excluding carboxylic acids is 1. The van der Waals surface area contributed by atoms with Crippen LogP contribution < -0.4 is 5.32 Å². The van der Waals surface area contributed by atoms with Crippen molar-refractivity contribution < 1.29 is 9.90 Å². The smallest absolute Gasteiger partial charge is 0.272 e. The van der Waals surface area contributed by atoms with E-state index in [4.69, 9.17) is 0 Å². The minimum Gasteiger partial charge on any atom is -0.389 e. The molecule has 0 aliphatic heterocycles. The standard InChI is InChI=1S/C14H23N3O2/c1-5-15-11-7-8-16-12(9-11)13(18)17(6-2)10-14(3,4)19/h7-9,19H,5-6,10H2,1-4H3,(H,15,16). The van der Waals surface area contributed by atoms with Crippen LogP contribution >= 0.6 is 0 Å². The summed E-state index contributed by atoms with van der Waals surface area (Å²) in [7, 11) is 0. The van der Waals surface area contributed by atoms with Crippen LogP contribution in [0.3, 0.4) is 0 Å². The number of aromatic nitrogens is 1. The molecule has 0 saturated carbocycles. The van der Waals surface area contributed by atoms with Crippen LogP contribution in [0.4, 0.5) is 5.69 Å². The second kappa shape index (κ2) is 6.52. The predicted molar refractivity (Wildman–Crippen MR) is 76.3 cm³/mol. The number of likely N-dealkylation sites (N-methyl/N-ethyl adjacent to an activating group) is 1. The molecule has 1 aromatic rings. The van der Waals surface area contributed by atoms with Crippen molar-refractivity contribution in [2.45, 2.75) is 33.3 Å². The molecule has 0 aliphatic rings. The minimum absolute atomic E-state index is 0.163. The number of hydrogen-bond acceptors (Lipinski definition) is 4. The summed E-state index contributed by atoms with van der Waals surface area (Å²) in [6, 6.07) is 3.56. The van der Waals surface area contributed by atoms with E-state index in [9.17, 15) is 9.90 Å². The normalized spacial score (nSPS) is 11.2. The number of pyridine rings is 1. The van der Waals surface area contributed by atoms with Crippen LogP contribution in [-0.2, 0) is 0 Å². The molecule has 0 aromatic carbocycles. The molecule has 0 saturated heterocycles. The highest BCUT2D eigenvalue weighted by Crippen LogP contribution is 2.12. The predicted octanol–water partition coefficient (Wildman–Crippen LogP) is 1.75. The van der Waals surface area contributed by atoms with Crippen molar-refractivity contribution in [2.75, 3.05) is 25.0 Å². The van der Waals surface area contributed by atoms with E-state index in [-0.39, 0.29) is 12.5 Å². The molecule has 19 heavy (non-hydrogen) atoms. The van der Waals surface area contributed by atoms with E-state index in [2.05, 4.69) is 10.3 Å². The van der Waals surface area contributed by atoms with Crippen molar-refractivity contribution in [3.8, 4) is 0 Å². The van der Waals surface area contributed by atoms with Crippen LogP contribution in [0.2, 0.25) is 0 Å². The topological polar surface area (TPSA) is 65.5 Å². The highest BCUT2D eigenvalue weighted by Gasteiger charge is 2.23. The van der Waals surface area contributed by atoms with Gasteiger partial charge in [0.25, 0.3) is 5.91 Å². The maximum absolute atomic E-state index is 12.3. The molecule has 0 atom stereocenters. The first-order valence-corrected chi connectivity index (χ1v) is 6.59. The molecular weight excluding hydrogens is 242 g/mol. The molecule has 1 rings (SSSR count). The lowest BCUT2D eigenvalue weighted by atomic mass is 10.1. The lowest BCUT2D eigenvalue weighted by molar-refractivity contribution is 0.0311. The number of nitrogens with zero attached hydrogens (tertiary/aromatic N) is 2. The Bertz CT molecular complexity index is 427. The third-order valence-electron chi connectivity index (χ3n) is 2.61. The van der Waals surface area contributed by atoms with Crippen LogP contribution in [0.15, 0.2) is 18.3 Å². The highest BCUT2D eigenvalue weighted by molar-refractivity contribution is 5.93. The van der Waals surface area contributed by atoms with Crippen molar-refractivity contribution in [2.24, 2.45) is 0 Å². The number of carbonyl (C=O) groups is 1. The Morgan fingerprint density at radius 3 is 2.68 bits per heavy atom. The minimum atomic E-state index is -0.912. The van der Waals surface area contributed by atoms with Crippen LogP contribution in [0, 0.1) is 0 Å². The average Bonchev–Trinajstić information content (AvgIpc) is 2.35. The largest absolute Gasteiger partial charge is 0.389 e. The maximum atomic E-state index is 12.3. The van der Waals surface area contributed by atoms with Crippen LogP contribution in [-0.4, -0.2) is 46.1 Å². The monoisotopic (exact) mass is 265 g/mol. The molecule has 0 spiro atoms. The quantitative estimate of drug-likeness (QED) is 0.822. The van der Waals surface area contributed by atoms with Gasteiger partial charge in [0.05, 0.1) is 5.60 Å². The summed E-state index contributed by atoms with van der Waals surface area (Å²) in [5, 5.41) is 13.0. The fourth-order valence-electron chi connectivity index (χ4n) is 1.82. The van der Waals surface area contributed by atoms with Gasteiger partial charge in [-0.05, 0) is 39.8 Å². The molecule has 0 unspecified atom stereocenters. The second-order valence-corrected chi connectivity index (χ2v) is 5.09. The highest BCUT2D eigenvalue weighted by atomic mass is 16.3. The Kier molecular flexibility index (Phi) is 5.30. The summed E-state index contributed by atoms with van der Waals surface area (Å²) in [5.41, 5.74) is 0.356. The van der Waals surface area contributed by atoms with Crippen molar-refractivity contribution in [1.82, 2.24) is 9.88 Å². The molecule has 0 fully saturated rings. The number of amides is 1. The first-order valence-electron chi connectivity index (χ1n) is 6.59. The number of aliphatic hydroxyl groups is 1. The first kappa shape index (κ1) is 15.4. The Balaban J connectivity index is 2.88. The van der Waals surface area contributed by atoms with Crippen molar-refractivity contribution in [1.29, 1.82) is 0 Å². The lowest BCUT2D eigenvalue weighted by Gasteiger charge is -2.27. The zero-order chi connectivity index (χ0) is 14.5. The summed E-state index contributed by atoms with van der Waals surface area (Å²) in [5.74, 6) is -0.163. The Hall–Kier alpha value is -1.62. The first-order chi connectivity index (χ1) is 8.87. The molecule has 2 N–H and O–H groups in total. The zero-order valence-corrected chi connectivity index (χ0v) is 12.1. The van der Waals surface area contributed by atoms with E-state index >= 15 is 0 Å². The van der Waals surface area contributed by atoms with E-state index in [1.165, 1.54) is 0 Å². The molecule has 0 aliphatic carbocycles. The molecule has 1 heterocycles. The third kappa shape index (κ3) is 4.87. The van der Waals surface area contributed by atoms with Gasteiger partial charge in [0.2, 0.25) is 0 Å². The Morgan fingerprint density at radius 2 is 2.16 bits per heavy atom. The van der Waals surface area contributed by atoms with Gasteiger partial charge in [-0.25, -0.2) is 0 Å². The van der Waals surface area contributed by atoms with Gasteiger partial charge in [0, 0.05) is 31.5 Å². The van der Waals surface area contributed by atoms with Crippen molar-refractivity contribution in [3.63, 3.8) is 0 Å². The summed E-state index contributed by atoms with van der Waals surface area (Å²) >= 11 is 0. The molecule has 1 aromatic heterocycles. The Morgan fingerprint density at radius 1 is 1.47 bits per heavy atom. The zero-order valence-electron chi connectivity index (χ0n) is 12.1. The van der Waals surface area contributed by atoms with Crippen LogP contribution in [0.5, 0.6) is 0 Å². The second-order valence-electron chi connectivity index (χ2n) is 5.09. The van der Waals surface area contributed by atoms with Gasteiger partial charge in [-0.2, -0.15) is 0 Å². The molecule has 1 amide bonds. The summed E-state index contributed by atoms with van der Waals surface area (Å²) in [4.78, 5) is 18.0. The average molecular weight is 265 g/mol. The lowest BCUT2D eigenvalue weighted by Crippen LogP contribution is -2.42. The molecule has 0 radical (unpaired) electrons. The summed E-state index contributed by atoms with van der Waals surface area (Å²) in [6.45, 7) is 8.87. The maximum Gasteiger partial charge on any atom is 0.272 e. The van der Waals surface area contributed by atoms with Crippen LogP contribution in [0.1, 0.15) is 38.2 Å². The molecule has 0 bridgehead atoms. The molecule has 5 nitrogen and oxygen atoms in total. The van der Waals surface area contributed by atoms with Gasteiger partial charge < -0.3 is 15.3 Å². The molecule has 106 valence electrons. The van der Waals surface area contributed by atoms with E-state index in [0.717, 1.165) is 12.2 Å². The Labute approximate surface area is 114 Å². The van der Waals surface area contributed by atoms with Gasteiger partial charge in [0.1, 0.15) is 5.69 Å². The third-order valence-corrected chi connectivity index (χ3v) is 2.61. The molecule has 5 heteroatoms. The van der Waals surface area contributed by atoms with Gasteiger partial charge in [-0.3, -0.25) is 9.78 Å². The van der Waals surface area contributed by atoms with Gasteiger partial charge >= 0.3 is 0 Å².